The van der Waals surface area contributed by atoms with Gasteiger partial charge in [0.15, 0.2) is 0 Å². The molecule has 5 nitrogen and oxygen atoms in total. The van der Waals surface area contributed by atoms with Crippen LogP contribution in [0.1, 0.15) is 25.1 Å². The molecule has 0 saturated carbocycles. The van der Waals surface area contributed by atoms with Crippen molar-refractivity contribution < 1.29 is 9.34 Å². The molecule has 0 saturated heterocycles. The number of nitro benzene ring substituents is 1. The van der Waals surface area contributed by atoms with E-state index in [1.165, 1.54) is 12.1 Å². The van der Waals surface area contributed by atoms with Crippen LogP contribution >= 0.6 is 15.9 Å². The zero-order valence-corrected chi connectivity index (χ0v) is 11.9. The first kappa shape index (κ1) is 13.8. The van der Waals surface area contributed by atoms with Gasteiger partial charge in [0.2, 0.25) is 0 Å². The number of nitrogens with zero attached hydrogens (tertiary/aromatic N) is 1. The highest BCUT2D eigenvalue weighted by molar-refractivity contribution is 9.10. The van der Waals surface area contributed by atoms with E-state index in [-0.39, 0.29) is 11.7 Å². The van der Waals surface area contributed by atoms with Gasteiger partial charge in [0, 0.05) is 22.2 Å². The van der Waals surface area contributed by atoms with E-state index in [1.54, 1.807) is 18.2 Å². The lowest BCUT2D eigenvalue weighted by Crippen LogP contribution is -2.06. The molecule has 0 fully saturated rings. The van der Waals surface area contributed by atoms with Gasteiger partial charge in [0.1, 0.15) is 11.5 Å². The van der Waals surface area contributed by atoms with Gasteiger partial charge in [-0.05, 0) is 24.6 Å². The minimum Gasteiger partial charge on any atom is -0.459 e. The predicted octanol–water partition coefficient (Wildman–Crippen LogP) is 4.03. The van der Waals surface area contributed by atoms with Crippen LogP contribution < -0.4 is 5.73 Å². The Morgan fingerprint density at radius 1 is 1.42 bits per heavy atom. The molecule has 0 amide bonds. The number of benzene rings is 1. The Morgan fingerprint density at radius 2 is 2.16 bits per heavy atom. The molecule has 100 valence electrons. The molecule has 2 N–H and O–H groups in total. The van der Waals surface area contributed by atoms with Gasteiger partial charge in [0.05, 0.1) is 11.0 Å². The van der Waals surface area contributed by atoms with Gasteiger partial charge in [0.25, 0.3) is 5.69 Å². The zero-order valence-electron chi connectivity index (χ0n) is 10.3. The molecule has 6 heteroatoms. The van der Waals surface area contributed by atoms with Gasteiger partial charge in [-0.15, -0.1) is 0 Å². The van der Waals surface area contributed by atoms with Crippen LogP contribution in [0.3, 0.4) is 0 Å². The first-order chi connectivity index (χ1) is 9.02. The number of furan rings is 1. The van der Waals surface area contributed by atoms with Crippen LogP contribution in [0.4, 0.5) is 5.69 Å². The number of hydrogen-bond acceptors (Lipinski definition) is 4. The normalized spacial score (nSPS) is 12.4. The average Bonchev–Trinajstić information content (AvgIpc) is 2.87. The minimum absolute atomic E-state index is 0.0240. The molecular formula is C13H13BrN2O3. The van der Waals surface area contributed by atoms with Crippen molar-refractivity contribution in [2.75, 3.05) is 0 Å². The summed E-state index contributed by atoms with van der Waals surface area (Å²) in [6.45, 7) is 1.97. The Balaban J connectivity index is 2.43. The molecule has 0 spiro atoms. The number of halogens is 1. The Bertz CT molecular complexity index is 610. The number of nitro groups is 1. The smallest absolute Gasteiger partial charge is 0.270 e. The fourth-order valence-corrected chi connectivity index (χ4v) is 2.16. The van der Waals surface area contributed by atoms with Crippen molar-refractivity contribution in [3.63, 3.8) is 0 Å². The fraction of sp³-hybridized carbons (Fsp3) is 0.231. The molecule has 1 aromatic carbocycles. The molecule has 0 bridgehead atoms. The number of nitrogens with two attached hydrogens (primary N) is 1. The van der Waals surface area contributed by atoms with Crippen LogP contribution in [-0.2, 0) is 0 Å². The van der Waals surface area contributed by atoms with Crippen molar-refractivity contribution in [1.82, 2.24) is 0 Å². The number of rotatable bonds is 4. The highest BCUT2D eigenvalue weighted by Crippen LogP contribution is 2.33. The van der Waals surface area contributed by atoms with Crippen LogP contribution in [0.5, 0.6) is 0 Å². The Hall–Kier alpha value is -1.66. The molecular weight excluding hydrogens is 312 g/mol. The molecule has 1 unspecified atom stereocenters. The van der Waals surface area contributed by atoms with E-state index in [9.17, 15) is 10.1 Å². The quantitative estimate of drug-likeness (QED) is 0.680. The molecule has 0 aliphatic carbocycles. The highest BCUT2D eigenvalue weighted by atomic mass is 79.9. The minimum atomic E-state index is -0.433. The Morgan fingerprint density at radius 3 is 2.79 bits per heavy atom. The molecule has 2 aromatic rings. The van der Waals surface area contributed by atoms with E-state index in [1.807, 2.05) is 6.92 Å². The second-order valence-electron chi connectivity index (χ2n) is 4.14. The maximum absolute atomic E-state index is 10.8. The van der Waals surface area contributed by atoms with Gasteiger partial charge in [-0.25, -0.2) is 0 Å². The first-order valence-electron chi connectivity index (χ1n) is 5.82. The third-order valence-corrected chi connectivity index (χ3v) is 3.55. The topological polar surface area (TPSA) is 82.3 Å². The molecule has 1 aromatic heterocycles. The van der Waals surface area contributed by atoms with Crippen molar-refractivity contribution in [2.45, 2.75) is 19.4 Å². The third-order valence-electron chi connectivity index (χ3n) is 2.86. The summed E-state index contributed by atoms with van der Waals surface area (Å²) in [4.78, 5) is 10.4. The molecule has 1 heterocycles. The summed E-state index contributed by atoms with van der Waals surface area (Å²) in [5.74, 6) is 1.24. The Labute approximate surface area is 118 Å². The van der Waals surface area contributed by atoms with Gasteiger partial charge >= 0.3 is 0 Å². The van der Waals surface area contributed by atoms with E-state index in [0.717, 1.165) is 10.9 Å². The molecule has 19 heavy (non-hydrogen) atoms. The van der Waals surface area contributed by atoms with Crippen molar-refractivity contribution in [3.05, 3.63) is 50.7 Å². The van der Waals surface area contributed by atoms with Crippen molar-refractivity contribution >= 4 is 21.6 Å². The monoisotopic (exact) mass is 324 g/mol. The second kappa shape index (κ2) is 5.54. The lowest BCUT2D eigenvalue weighted by atomic mass is 10.1. The van der Waals surface area contributed by atoms with Crippen molar-refractivity contribution in [1.29, 1.82) is 0 Å². The second-order valence-corrected chi connectivity index (χ2v) is 4.99. The van der Waals surface area contributed by atoms with E-state index in [2.05, 4.69) is 15.9 Å². The summed E-state index contributed by atoms with van der Waals surface area (Å²) in [5, 5.41) is 10.8. The van der Waals surface area contributed by atoms with Gasteiger partial charge in [-0.3, -0.25) is 10.1 Å². The summed E-state index contributed by atoms with van der Waals surface area (Å²) in [6, 6.07) is 7.96. The summed E-state index contributed by atoms with van der Waals surface area (Å²) < 4.78 is 6.40. The summed E-state index contributed by atoms with van der Waals surface area (Å²) in [7, 11) is 0. The van der Waals surface area contributed by atoms with Gasteiger partial charge in [-0.2, -0.15) is 0 Å². The lowest BCUT2D eigenvalue weighted by Gasteiger charge is -2.05. The van der Waals surface area contributed by atoms with Crippen LogP contribution in [0, 0.1) is 10.1 Å². The first-order valence-corrected chi connectivity index (χ1v) is 6.62. The molecule has 0 radical (unpaired) electrons. The highest BCUT2D eigenvalue weighted by Gasteiger charge is 2.15. The van der Waals surface area contributed by atoms with E-state index >= 15 is 0 Å². The van der Waals surface area contributed by atoms with E-state index < -0.39 is 4.92 Å². The molecule has 1 atom stereocenters. The lowest BCUT2D eigenvalue weighted by molar-refractivity contribution is -0.384. The number of hydrogen-bond donors (Lipinski definition) is 1. The van der Waals surface area contributed by atoms with Crippen molar-refractivity contribution in [2.24, 2.45) is 5.73 Å². The molecule has 0 aliphatic heterocycles. The Kier molecular flexibility index (Phi) is 4.01. The SMILES string of the molecule is CCC(N)c1ccc(-c2cc([N+](=O)[O-])ccc2Br)o1. The third kappa shape index (κ3) is 2.85. The summed E-state index contributed by atoms with van der Waals surface area (Å²) in [6.07, 6.45) is 0.767. The van der Waals surface area contributed by atoms with Gasteiger partial charge < -0.3 is 10.2 Å². The number of non-ortho nitro benzene ring substituents is 1. The predicted molar refractivity (Wildman–Crippen MR) is 75.7 cm³/mol. The largest absolute Gasteiger partial charge is 0.459 e. The van der Waals surface area contributed by atoms with Crippen molar-refractivity contribution in [3.8, 4) is 11.3 Å². The summed E-state index contributed by atoms with van der Waals surface area (Å²) >= 11 is 3.37. The average molecular weight is 325 g/mol. The van der Waals surface area contributed by atoms with Crippen LogP contribution in [0.25, 0.3) is 11.3 Å². The van der Waals surface area contributed by atoms with Crippen LogP contribution in [0.2, 0.25) is 0 Å². The van der Waals surface area contributed by atoms with Crippen LogP contribution in [0.15, 0.2) is 39.2 Å². The maximum atomic E-state index is 10.8. The fourth-order valence-electron chi connectivity index (χ4n) is 1.71. The summed E-state index contributed by atoms with van der Waals surface area (Å²) in [5.41, 5.74) is 6.55. The standard InChI is InChI=1S/C13H13BrN2O3/c1-2-11(15)13-6-5-12(19-13)9-7-8(16(17)18)3-4-10(9)14/h3-7,11H,2,15H2,1H3. The molecule has 2 rings (SSSR count). The molecule has 0 aliphatic rings. The van der Waals surface area contributed by atoms with E-state index in [4.69, 9.17) is 10.2 Å². The zero-order chi connectivity index (χ0) is 14.0. The van der Waals surface area contributed by atoms with Gasteiger partial charge in [-0.1, -0.05) is 22.9 Å². The van der Waals surface area contributed by atoms with E-state index in [0.29, 0.717) is 17.1 Å². The van der Waals surface area contributed by atoms with Crippen LogP contribution in [-0.4, -0.2) is 4.92 Å². The maximum Gasteiger partial charge on any atom is 0.270 e.